The van der Waals surface area contributed by atoms with Gasteiger partial charge in [0.15, 0.2) is 0 Å². The van der Waals surface area contributed by atoms with Gasteiger partial charge in [0.05, 0.1) is 27.0 Å². The Bertz CT molecular complexity index is 642. The summed E-state index contributed by atoms with van der Waals surface area (Å²) in [5.74, 6) is 0. The summed E-state index contributed by atoms with van der Waals surface area (Å²) in [5, 5.41) is 3.16. The molecule has 0 spiro atoms. The van der Waals surface area contributed by atoms with Gasteiger partial charge in [0.1, 0.15) is 0 Å². The Balaban J connectivity index is 2.30. The lowest BCUT2D eigenvalue weighted by Gasteiger charge is -2.13. The van der Waals surface area contributed by atoms with Crippen molar-refractivity contribution in [1.29, 1.82) is 0 Å². The summed E-state index contributed by atoms with van der Waals surface area (Å²) in [6, 6.07) is 7.81. The molecule has 2 aromatic rings. The minimum absolute atomic E-state index is 0.0484. The van der Waals surface area contributed by atoms with Crippen LogP contribution in [0.4, 0.5) is 30.2 Å². The molecule has 7 heteroatoms. The average molecular weight is 321 g/mol. The highest BCUT2D eigenvalue weighted by molar-refractivity contribution is 6.35. The van der Waals surface area contributed by atoms with E-state index in [0.29, 0.717) is 22.1 Å². The molecule has 0 aliphatic rings. The molecule has 0 aliphatic heterocycles. The summed E-state index contributed by atoms with van der Waals surface area (Å²) in [6.45, 7) is 0. The highest BCUT2D eigenvalue weighted by Gasteiger charge is 2.30. The molecule has 0 fully saturated rings. The predicted octanol–water partition coefficient (Wildman–Crippen LogP) is 5.34. The maximum Gasteiger partial charge on any atom is 0.416 e. The van der Waals surface area contributed by atoms with Gasteiger partial charge in [-0.15, -0.1) is 0 Å². The fraction of sp³-hybridized carbons (Fsp3) is 0.0769. The molecule has 0 saturated carbocycles. The Hall–Kier alpha value is -1.59. The summed E-state index contributed by atoms with van der Waals surface area (Å²) < 4.78 is 37.6. The van der Waals surface area contributed by atoms with Crippen LogP contribution in [0.1, 0.15) is 5.56 Å². The number of halogens is 5. The maximum atomic E-state index is 12.5. The lowest BCUT2D eigenvalue weighted by molar-refractivity contribution is -0.137. The van der Waals surface area contributed by atoms with Crippen molar-refractivity contribution in [1.82, 2.24) is 0 Å². The molecule has 0 amide bonds. The van der Waals surface area contributed by atoms with E-state index in [9.17, 15) is 13.2 Å². The van der Waals surface area contributed by atoms with Gasteiger partial charge in [-0.05, 0) is 36.4 Å². The number of rotatable bonds is 2. The van der Waals surface area contributed by atoms with Gasteiger partial charge in [0.2, 0.25) is 0 Å². The van der Waals surface area contributed by atoms with Crippen LogP contribution in [0.2, 0.25) is 10.0 Å². The first-order valence-corrected chi connectivity index (χ1v) is 6.22. The normalized spacial score (nSPS) is 11.4. The van der Waals surface area contributed by atoms with Gasteiger partial charge in [-0.1, -0.05) is 23.2 Å². The molecular formula is C13H9Cl2F3N2. The summed E-state index contributed by atoms with van der Waals surface area (Å²) in [5.41, 5.74) is 6.06. The molecule has 0 heterocycles. The van der Waals surface area contributed by atoms with Crippen molar-refractivity contribution < 1.29 is 13.2 Å². The number of hydrogen-bond donors (Lipinski definition) is 2. The van der Waals surface area contributed by atoms with E-state index in [-0.39, 0.29) is 5.02 Å². The summed E-state index contributed by atoms with van der Waals surface area (Å²) >= 11 is 11.8. The average Bonchev–Trinajstić information content (AvgIpc) is 2.33. The van der Waals surface area contributed by atoms with E-state index in [1.807, 2.05) is 0 Å². The molecule has 3 N–H and O–H groups in total. The SMILES string of the molecule is Nc1ccc(Nc2ccc(C(F)(F)F)cc2Cl)c(Cl)c1. The molecule has 2 rings (SSSR count). The van der Waals surface area contributed by atoms with Crippen molar-refractivity contribution in [2.24, 2.45) is 0 Å². The van der Waals surface area contributed by atoms with Crippen molar-refractivity contribution in [2.75, 3.05) is 11.1 Å². The first-order valence-electron chi connectivity index (χ1n) is 5.46. The van der Waals surface area contributed by atoms with E-state index in [1.165, 1.54) is 12.1 Å². The zero-order chi connectivity index (χ0) is 14.9. The van der Waals surface area contributed by atoms with Gasteiger partial charge in [-0.25, -0.2) is 0 Å². The fourth-order valence-electron chi connectivity index (χ4n) is 1.57. The van der Waals surface area contributed by atoms with Crippen molar-refractivity contribution >= 4 is 40.3 Å². The molecule has 0 bridgehead atoms. The van der Waals surface area contributed by atoms with Crippen molar-refractivity contribution in [2.45, 2.75) is 6.18 Å². The van der Waals surface area contributed by atoms with E-state index in [1.54, 1.807) is 12.1 Å². The Morgan fingerprint density at radius 1 is 0.900 bits per heavy atom. The molecule has 2 aromatic carbocycles. The standard InChI is InChI=1S/C13H9Cl2F3N2/c14-9-5-7(13(16,17)18)1-3-11(9)20-12-4-2-8(19)6-10(12)15/h1-6,20H,19H2. The molecular weight excluding hydrogens is 312 g/mol. The molecule has 2 nitrogen and oxygen atoms in total. The number of nitrogens with one attached hydrogen (secondary N) is 1. The monoisotopic (exact) mass is 320 g/mol. The number of nitrogens with two attached hydrogens (primary N) is 1. The van der Waals surface area contributed by atoms with E-state index in [2.05, 4.69) is 5.32 Å². The smallest absolute Gasteiger partial charge is 0.399 e. The first kappa shape index (κ1) is 14.8. The van der Waals surface area contributed by atoms with E-state index in [0.717, 1.165) is 12.1 Å². The summed E-state index contributed by atoms with van der Waals surface area (Å²) in [4.78, 5) is 0. The summed E-state index contributed by atoms with van der Waals surface area (Å²) in [6.07, 6.45) is -4.43. The van der Waals surface area contributed by atoms with Gasteiger partial charge < -0.3 is 11.1 Å². The number of nitrogen functional groups attached to an aromatic ring is 1. The van der Waals surface area contributed by atoms with Crippen LogP contribution in [0.15, 0.2) is 36.4 Å². The minimum atomic E-state index is -4.43. The van der Waals surface area contributed by atoms with Gasteiger partial charge in [0, 0.05) is 5.69 Å². The topological polar surface area (TPSA) is 38.0 Å². The van der Waals surface area contributed by atoms with Crippen LogP contribution in [-0.2, 0) is 6.18 Å². The summed E-state index contributed by atoms with van der Waals surface area (Å²) in [7, 11) is 0. The third-order valence-corrected chi connectivity index (χ3v) is 3.18. The van der Waals surface area contributed by atoms with E-state index in [4.69, 9.17) is 28.9 Å². The molecule has 106 valence electrons. The number of benzene rings is 2. The van der Waals surface area contributed by atoms with Crippen LogP contribution in [0.25, 0.3) is 0 Å². The Morgan fingerprint density at radius 3 is 1.95 bits per heavy atom. The Kier molecular flexibility index (Phi) is 4.01. The van der Waals surface area contributed by atoms with Crippen LogP contribution in [0, 0.1) is 0 Å². The molecule has 0 saturated heterocycles. The zero-order valence-electron chi connectivity index (χ0n) is 9.93. The zero-order valence-corrected chi connectivity index (χ0v) is 11.4. The second-order valence-corrected chi connectivity index (χ2v) is 4.87. The molecule has 0 aromatic heterocycles. The minimum Gasteiger partial charge on any atom is -0.399 e. The van der Waals surface area contributed by atoms with Gasteiger partial charge in [0.25, 0.3) is 0 Å². The van der Waals surface area contributed by atoms with Crippen molar-refractivity contribution in [3.05, 3.63) is 52.0 Å². The third-order valence-electron chi connectivity index (χ3n) is 2.56. The fourth-order valence-corrected chi connectivity index (χ4v) is 2.03. The van der Waals surface area contributed by atoms with Crippen LogP contribution < -0.4 is 11.1 Å². The maximum absolute atomic E-state index is 12.5. The highest BCUT2D eigenvalue weighted by Crippen LogP contribution is 2.36. The second kappa shape index (κ2) is 5.42. The van der Waals surface area contributed by atoms with Crippen LogP contribution in [0.5, 0.6) is 0 Å². The number of hydrogen-bond acceptors (Lipinski definition) is 2. The van der Waals surface area contributed by atoms with Gasteiger partial charge >= 0.3 is 6.18 Å². The third kappa shape index (κ3) is 3.29. The quantitative estimate of drug-likeness (QED) is 0.733. The lowest BCUT2D eigenvalue weighted by Crippen LogP contribution is -2.05. The Morgan fingerprint density at radius 2 is 1.45 bits per heavy atom. The van der Waals surface area contributed by atoms with Crippen molar-refractivity contribution in [3.63, 3.8) is 0 Å². The van der Waals surface area contributed by atoms with Crippen molar-refractivity contribution in [3.8, 4) is 0 Å². The van der Waals surface area contributed by atoms with Crippen LogP contribution >= 0.6 is 23.2 Å². The van der Waals surface area contributed by atoms with Gasteiger partial charge in [-0.3, -0.25) is 0 Å². The van der Waals surface area contributed by atoms with Crippen LogP contribution in [0.3, 0.4) is 0 Å². The molecule has 0 radical (unpaired) electrons. The largest absolute Gasteiger partial charge is 0.416 e. The first-order chi connectivity index (χ1) is 9.27. The van der Waals surface area contributed by atoms with Gasteiger partial charge in [-0.2, -0.15) is 13.2 Å². The van der Waals surface area contributed by atoms with E-state index < -0.39 is 11.7 Å². The molecule has 0 atom stereocenters. The second-order valence-electron chi connectivity index (χ2n) is 4.06. The van der Waals surface area contributed by atoms with Crippen LogP contribution in [-0.4, -0.2) is 0 Å². The molecule has 0 aliphatic carbocycles. The highest BCUT2D eigenvalue weighted by atomic mass is 35.5. The van der Waals surface area contributed by atoms with E-state index >= 15 is 0 Å². The molecule has 20 heavy (non-hydrogen) atoms. The molecule has 0 unspecified atom stereocenters. The number of alkyl halides is 3. The Labute approximate surface area is 123 Å². The number of anilines is 3. The lowest BCUT2D eigenvalue weighted by atomic mass is 10.2. The predicted molar refractivity (Wildman–Crippen MR) is 75.6 cm³/mol.